The number of halogens is 5. The van der Waals surface area contributed by atoms with E-state index in [-0.39, 0.29) is 17.0 Å². The second-order valence-electron chi connectivity index (χ2n) is 4.32. The number of hydrogen-bond donors (Lipinski definition) is 1. The van der Waals surface area contributed by atoms with Gasteiger partial charge in [-0.3, -0.25) is 0 Å². The Bertz CT molecular complexity index is 649. The first-order chi connectivity index (χ1) is 9.40. The van der Waals surface area contributed by atoms with Crippen LogP contribution in [0, 0.1) is 17.5 Å². The first-order valence-corrected chi connectivity index (χ1v) is 6.90. The molecule has 2 N–H and O–H groups in total. The Balaban J connectivity index is 2.26. The van der Waals surface area contributed by atoms with Gasteiger partial charge in [-0.15, -0.1) is 0 Å². The van der Waals surface area contributed by atoms with Gasteiger partial charge in [0.1, 0.15) is 5.82 Å². The standard InChI is InChI=1S/C14H10BrClF3N/c15-9-3-2-8(14(19)13(9)16)12(20)6-7-1-4-10(17)11(18)5-7/h1-5,12H,6,20H2. The predicted molar refractivity (Wildman–Crippen MR) is 76.1 cm³/mol. The third-order valence-electron chi connectivity index (χ3n) is 2.90. The quantitative estimate of drug-likeness (QED) is 0.781. The van der Waals surface area contributed by atoms with Crippen molar-refractivity contribution in [3.8, 4) is 0 Å². The van der Waals surface area contributed by atoms with E-state index in [1.54, 1.807) is 6.07 Å². The SMILES string of the molecule is NC(Cc1ccc(F)c(F)c1)c1ccc(Br)c(Cl)c1F. The van der Waals surface area contributed by atoms with Crippen LogP contribution in [0.4, 0.5) is 13.2 Å². The zero-order valence-corrected chi connectivity index (χ0v) is 12.5. The third kappa shape index (κ3) is 3.16. The van der Waals surface area contributed by atoms with Crippen molar-refractivity contribution in [3.05, 3.63) is 68.4 Å². The van der Waals surface area contributed by atoms with Gasteiger partial charge >= 0.3 is 0 Å². The Labute approximate surface area is 127 Å². The molecule has 0 fully saturated rings. The molecule has 0 aliphatic carbocycles. The van der Waals surface area contributed by atoms with Crippen LogP contribution in [0.1, 0.15) is 17.2 Å². The van der Waals surface area contributed by atoms with Gasteiger partial charge in [0.25, 0.3) is 0 Å². The molecule has 0 heterocycles. The maximum atomic E-state index is 14.0. The summed E-state index contributed by atoms with van der Waals surface area (Å²) in [5, 5.41) is -0.0526. The molecule has 1 unspecified atom stereocenters. The van der Waals surface area contributed by atoms with Crippen LogP contribution in [0.25, 0.3) is 0 Å². The summed E-state index contributed by atoms with van der Waals surface area (Å²) in [6, 6.07) is 5.87. The smallest absolute Gasteiger partial charge is 0.159 e. The highest BCUT2D eigenvalue weighted by Gasteiger charge is 2.17. The normalized spacial score (nSPS) is 12.5. The highest BCUT2D eigenvalue weighted by atomic mass is 79.9. The van der Waals surface area contributed by atoms with E-state index in [4.69, 9.17) is 17.3 Å². The molecule has 2 rings (SSSR count). The van der Waals surface area contributed by atoms with Gasteiger partial charge in [-0.2, -0.15) is 0 Å². The molecule has 6 heteroatoms. The fraction of sp³-hybridized carbons (Fsp3) is 0.143. The van der Waals surface area contributed by atoms with E-state index >= 15 is 0 Å². The van der Waals surface area contributed by atoms with Crippen LogP contribution >= 0.6 is 27.5 Å². The predicted octanol–water partition coefficient (Wildman–Crippen LogP) is 4.76. The minimum absolute atomic E-state index is 0.0526. The fourth-order valence-electron chi connectivity index (χ4n) is 1.86. The lowest BCUT2D eigenvalue weighted by atomic mass is 9.99. The van der Waals surface area contributed by atoms with Crippen molar-refractivity contribution in [1.82, 2.24) is 0 Å². The minimum atomic E-state index is -0.955. The average Bonchev–Trinajstić information content (AvgIpc) is 2.40. The molecule has 0 amide bonds. The highest BCUT2D eigenvalue weighted by Crippen LogP contribution is 2.30. The molecule has 0 aliphatic heterocycles. The Hall–Kier alpha value is -1.04. The molecule has 0 saturated heterocycles. The molecule has 1 atom stereocenters. The molecule has 1 nitrogen and oxygen atoms in total. The summed E-state index contributed by atoms with van der Waals surface area (Å²) in [6.07, 6.45) is 0.173. The van der Waals surface area contributed by atoms with E-state index < -0.39 is 23.5 Å². The van der Waals surface area contributed by atoms with Crippen molar-refractivity contribution >= 4 is 27.5 Å². The summed E-state index contributed by atoms with van der Waals surface area (Å²) in [4.78, 5) is 0. The topological polar surface area (TPSA) is 26.0 Å². The molecule has 2 aromatic rings. The van der Waals surface area contributed by atoms with Crippen molar-refractivity contribution in [2.75, 3.05) is 0 Å². The summed E-state index contributed by atoms with van der Waals surface area (Å²) in [7, 11) is 0. The lowest BCUT2D eigenvalue weighted by molar-refractivity contribution is 0.505. The van der Waals surface area contributed by atoms with Gasteiger partial charge in [0.2, 0.25) is 0 Å². The number of hydrogen-bond acceptors (Lipinski definition) is 1. The summed E-state index contributed by atoms with van der Waals surface area (Å²) >= 11 is 8.90. The molecule has 2 aromatic carbocycles. The van der Waals surface area contributed by atoms with Crippen molar-refractivity contribution in [2.24, 2.45) is 5.73 Å². The second kappa shape index (κ2) is 6.16. The first-order valence-electron chi connectivity index (χ1n) is 5.73. The van der Waals surface area contributed by atoms with Crippen LogP contribution in [0.2, 0.25) is 5.02 Å². The lowest BCUT2D eigenvalue weighted by Gasteiger charge is -2.14. The molecule has 0 aliphatic rings. The maximum absolute atomic E-state index is 14.0. The van der Waals surface area contributed by atoms with Gasteiger partial charge in [0, 0.05) is 16.1 Å². The zero-order valence-electron chi connectivity index (χ0n) is 10.1. The molecule has 106 valence electrons. The first kappa shape index (κ1) is 15.4. The number of rotatable bonds is 3. The lowest BCUT2D eigenvalue weighted by Crippen LogP contribution is -2.15. The Morgan fingerprint density at radius 2 is 1.80 bits per heavy atom. The number of nitrogens with two attached hydrogens (primary N) is 1. The van der Waals surface area contributed by atoms with Crippen LogP contribution in [-0.4, -0.2) is 0 Å². The van der Waals surface area contributed by atoms with Crippen molar-refractivity contribution in [1.29, 1.82) is 0 Å². The van der Waals surface area contributed by atoms with Crippen molar-refractivity contribution in [2.45, 2.75) is 12.5 Å². The van der Waals surface area contributed by atoms with E-state index in [0.29, 0.717) is 10.0 Å². The molecule has 0 bridgehead atoms. The Morgan fingerprint density at radius 1 is 1.10 bits per heavy atom. The van der Waals surface area contributed by atoms with E-state index in [9.17, 15) is 13.2 Å². The molecule has 20 heavy (non-hydrogen) atoms. The van der Waals surface area contributed by atoms with Gasteiger partial charge in [0.05, 0.1) is 5.02 Å². The molecule has 0 aromatic heterocycles. The summed E-state index contributed by atoms with van der Waals surface area (Å²) < 4.78 is 40.4. The van der Waals surface area contributed by atoms with Crippen LogP contribution in [0.3, 0.4) is 0 Å². The molecule has 0 spiro atoms. The minimum Gasteiger partial charge on any atom is -0.324 e. The monoisotopic (exact) mass is 363 g/mol. The van der Waals surface area contributed by atoms with Crippen molar-refractivity contribution < 1.29 is 13.2 Å². The van der Waals surface area contributed by atoms with Crippen LogP contribution in [-0.2, 0) is 6.42 Å². The van der Waals surface area contributed by atoms with Crippen LogP contribution in [0.5, 0.6) is 0 Å². The average molecular weight is 365 g/mol. The molecular formula is C14H10BrClF3N. The Morgan fingerprint density at radius 3 is 2.45 bits per heavy atom. The van der Waals surface area contributed by atoms with Gasteiger partial charge < -0.3 is 5.73 Å². The Kier molecular flexibility index (Phi) is 4.73. The summed E-state index contributed by atoms with van der Waals surface area (Å²) in [5.41, 5.74) is 6.61. The zero-order chi connectivity index (χ0) is 14.9. The number of benzene rings is 2. The van der Waals surface area contributed by atoms with E-state index in [1.807, 2.05) is 0 Å². The van der Waals surface area contributed by atoms with Gasteiger partial charge in [0.15, 0.2) is 11.6 Å². The second-order valence-corrected chi connectivity index (χ2v) is 5.56. The summed E-state index contributed by atoms with van der Waals surface area (Å²) in [6.45, 7) is 0. The third-order valence-corrected chi connectivity index (χ3v) is 4.16. The van der Waals surface area contributed by atoms with E-state index in [1.165, 1.54) is 12.1 Å². The highest BCUT2D eigenvalue weighted by molar-refractivity contribution is 9.10. The van der Waals surface area contributed by atoms with Crippen LogP contribution < -0.4 is 5.73 Å². The van der Waals surface area contributed by atoms with Gasteiger partial charge in [-0.1, -0.05) is 23.7 Å². The van der Waals surface area contributed by atoms with Gasteiger partial charge in [-0.25, -0.2) is 13.2 Å². The fourth-order valence-corrected chi connectivity index (χ4v) is 2.34. The molecule has 0 saturated carbocycles. The molecule has 0 radical (unpaired) electrons. The van der Waals surface area contributed by atoms with E-state index in [2.05, 4.69) is 15.9 Å². The molecular weight excluding hydrogens is 355 g/mol. The van der Waals surface area contributed by atoms with Crippen molar-refractivity contribution in [3.63, 3.8) is 0 Å². The largest absolute Gasteiger partial charge is 0.324 e. The van der Waals surface area contributed by atoms with E-state index in [0.717, 1.165) is 12.1 Å². The summed E-state index contributed by atoms with van der Waals surface area (Å²) in [5.74, 6) is -2.50. The van der Waals surface area contributed by atoms with Gasteiger partial charge in [-0.05, 0) is 46.1 Å². The maximum Gasteiger partial charge on any atom is 0.159 e. The van der Waals surface area contributed by atoms with Crippen LogP contribution in [0.15, 0.2) is 34.8 Å².